The number of halogens is 1. The summed E-state index contributed by atoms with van der Waals surface area (Å²) in [5, 5.41) is 9.35. The first kappa shape index (κ1) is 13.6. The van der Waals surface area contributed by atoms with Crippen LogP contribution in [0.2, 0.25) is 0 Å². The molecule has 0 heterocycles. The van der Waals surface area contributed by atoms with Gasteiger partial charge in [0.1, 0.15) is 5.82 Å². The van der Waals surface area contributed by atoms with E-state index in [9.17, 15) is 14.3 Å². The second-order valence-corrected chi connectivity index (χ2v) is 4.70. The van der Waals surface area contributed by atoms with Gasteiger partial charge in [-0.1, -0.05) is 12.1 Å². The van der Waals surface area contributed by atoms with Gasteiger partial charge in [-0.3, -0.25) is 4.79 Å². The first-order valence-electron chi connectivity index (χ1n) is 5.50. The largest absolute Gasteiger partial charge is 0.481 e. The summed E-state index contributed by atoms with van der Waals surface area (Å²) >= 11 is 0. The van der Waals surface area contributed by atoms with E-state index in [2.05, 4.69) is 0 Å². The first-order chi connectivity index (χ1) is 7.86. The molecule has 0 saturated carbocycles. The number of nitrogens with zero attached hydrogens (tertiary/aromatic N) is 1. The lowest BCUT2D eigenvalue weighted by Crippen LogP contribution is -2.35. The van der Waals surface area contributed by atoms with Gasteiger partial charge >= 0.3 is 5.97 Å². The van der Waals surface area contributed by atoms with E-state index >= 15 is 0 Å². The summed E-state index contributed by atoms with van der Waals surface area (Å²) in [6.07, 6.45) is 0.443. The van der Waals surface area contributed by atoms with Gasteiger partial charge in [0.2, 0.25) is 0 Å². The molecule has 0 radical (unpaired) electrons. The quantitative estimate of drug-likeness (QED) is 0.855. The smallest absolute Gasteiger partial charge is 0.313 e. The van der Waals surface area contributed by atoms with E-state index in [0.717, 1.165) is 0 Å². The van der Waals surface area contributed by atoms with Gasteiger partial charge in [0.05, 0.1) is 5.41 Å². The van der Waals surface area contributed by atoms with Crippen LogP contribution in [0, 0.1) is 5.82 Å². The van der Waals surface area contributed by atoms with Crippen molar-refractivity contribution in [1.82, 2.24) is 4.90 Å². The maximum absolute atomic E-state index is 13.2. The third-order valence-corrected chi connectivity index (χ3v) is 2.99. The number of carbonyl (C=O) groups is 1. The molecule has 3 nitrogen and oxygen atoms in total. The number of aliphatic carboxylic acids is 1. The Morgan fingerprint density at radius 2 is 2.12 bits per heavy atom. The van der Waals surface area contributed by atoms with Gasteiger partial charge in [-0.2, -0.15) is 0 Å². The zero-order chi connectivity index (χ0) is 13.1. The zero-order valence-corrected chi connectivity index (χ0v) is 10.4. The summed E-state index contributed by atoms with van der Waals surface area (Å²) in [5.74, 6) is -1.33. The number of carboxylic acid groups (broad SMARTS) is 1. The highest BCUT2D eigenvalue weighted by molar-refractivity contribution is 5.80. The van der Waals surface area contributed by atoms with Gasteiger partial charge in [0.25, 0.3) is 0 Å². The van der Waals surface area contributed by atoms with Crippen molar-refractivity contribution >= 4 is 5.97 Å². The van der Waals surface area contributed by atoms with Crippen molar-refractivity contribution in [2.24, 2.45) is 0 Å². The molecule has 1 unspecified atom stereocenters. The van der Waals surface area contributed by atoms with Crippen molar-refractivity contribution in [2.45, 2.75) is 18.8 Å². The second-order valence-electron chi connectivity index (χ2n) is 4.70. The summed E-state index contributed by atoms with van der Waals surface area (Å²) < 4.78 is 13.2. The molecule has 0 fully saturated rings. The molecule has 0 aliphatic carbocycles. The fourth-order valence-corrected chi connectivity index (χ4v) is 1.65. The average Bonchev–Trinajstić information content (AvgIpc) is 2.25. The summed E-state index contributed by atoms with van der Waals surface area (Å²) in [5.41, 5.74) is -0.543. The Kier molecular flexibility index (Phi) is 4.23. The normalized spacial score (nSPS) is 14.6. The van der Waals surface area contributed by atoms with E-state index in [-0.39, 0.29) is 0 Å². The molecule has 1 rings (SSSR count). The standard InChI is InChI=1S/C13H18FNO2/c1-13(12(16)17,7-8-15(2)3)10-5-4-6-11(14)9-10/h4-6,9H,7-8H2,1-3H3,(H,16,17). The fraction of sp³-hybridized carbons (Fsp3) is 0.462. The topological polar surface area (TPSA) is 40.5 Å². The van der Waals surface area contributed by atoms with E-state index < -0.39 is 17.2 Å². The van der Waals surface area contributed by atoms with Crippen LogP contribution < -0.4 is 0 Å². The maximum atomic E-state index is 13.2. The molecule has 1 aromatic rings. The van der Waals surface area contributed by atoms with E-state index in [1.54, 1.807) is 19.1 Å². The molecule has 0 saturated heterocycles. The second kappa shape index (κ2) is 5.27. The lowest BCUT2D eigenvalue weighted by molar-refractivity contribution is -0.143. The van der Waals surface area contributed by atoms with E-state index in [1.165, 1.54) is 12.1 Å². The van der Waals surface area contributed by atoms with Crippen LogP contribution in [0.15, 0.2) is 24.3 Å². The first-order valence-corrected chi connectivity index (χ1v) is 5.50. The van der Waals surface area contributed by atoms with Crippen LogP contribution in [0.1, 0.15) is 18.9 Å². The Labute approximate surface area is 101 Å². The molecule has 1 N–H and O–H groups in total. The summed E-state index contributed by atoms with van der Waals surface area (Å²) in [7, 11) is 3.77. The molecule has 1 aromatic carbocycles. The van der Waals surface area contributed by atoms with Gasteiger partial charge in [-0.25, -0.2) is 4.39 Å². The lowest BCUT2D eigenvalue weighted by atomic mass is 9.79. The minimum atomic E-state index is -1.05. The van der Waals surface area contributed by atoms with Crippen molar-refractivity contribution in [1.29, 1.82) is 0 Å². The zero-order valence-electron chi connectivity index (χ0n) is 10.4. The van der Waals surface area contributed by atoms with Crippen LogP contribution in [0.5, 0.6) is 0 Å². The Bertz CT molecular complexity index is 406. The van der Waals surface area contributed by atoms with Gasteiger partial charge < -0.3 is 10.0 Å². The number of benzene rings is 1. The highest BCUT2D eigenvalue weighted by Crippen LogP contribution is 2.28. The van der Waals surface area contributed by atoms with Crippen LogP contribution in [0.3, 0.4) is 0 Å². The van der Waals surface area contributed by atoms with Crippen molar-refractivity contribution in [3.8, 4) is 0 Å². The third kappa shape index (κ3) is 3.27. The minimum absolute atomic E-state index is 0.403. The predicted octanol–water partition coefficient (Wildman–Crippen LogP) is 2.12. The molecule has 0 amide bonds. The van der Waals surface area contributed by atoms with E-state index in [1.807, 2.05) is 19.0 Å². The maximum Gasteiger partial charge on any atom is 0.313 e. The Morgan fingerprint density at radius 1 is 1.47 bits per heavy atom. The highest BCUT2D eigenvalue weighted by Gasteiger charge is 2.35. The highest BCUT2D eigenvalue weighted by atomic mass is 19.1. The van der Waals surface area contributed by atoms with Crippen molar-refractivity contribution in [2.75, 3.05) is 20.6 Å². The fourth-order valence-electron chi connectivity index (χ4n) is 1.65. The summed E-state index contributed by atoms with van der Waals surface area (Å²) in [6.45, 7) is 2.27. The number of rotatable bonds is 5. The summed E-state index contributed by atoms with van der Waals surface area (Å²) in [6, 6.07) is 5.82. The Morgan fingerprint density at radius 3 is 2.59 bits per heavy atom. The molecular weight excluding hydrogens is 221 g/mol. The minimum Gasteiger partial charge on any atom is -0.481 e. The molecule has 0 spiro atoms. The molecular formula is C13H18FNO2. The van der Waals surface area contributed by atoms with Crippen LogP contribution in [-0.2, 0) is 10.2 Å². The monoisotopic (exact) mass is 239 g/mol. The van der Waals surface area contributed by atoms with E-state index in [4.69, 9.17) is 0 Å². The number of carboxylic acids is 1. The molecule has 4 heteroatoms. The van der Waals surface area contributed by atoms with Crippen LogP contribution >= 0.6 is 0 Å². The van der Waals surface area contributed by atoms with Crippen LogP contribution in [0.4, 0.5) is 4.39 Å². The Hall–Kier alpha value is -1.42. The molecule has 0 aliphatic rings. The van der Waals surface area contributed by atoms with E-state index in [0.29, 0.717) is 18.5 Å². The van der Waals surface area contributed by atoms with Gasteiger partial charge in [-0.05, 0) is 51.7 Å². The molecule has 17 heavy (non-hydrogen) atoms. The SMILES string of the molecule is CN(C)CCC(C)(C(=O)O)c1cccc(F)c1. The molecule has 94 valence electrons. The lowest BCUT2D eigenvalue weighted by Gasteiger charge is -2.27. The van der Waals surface area contributed by atoms with Gasteiger partial charge in [0.15, 0.2) is 0 Å². The molecule has 0 aliphatic heterocycles. The Balaban J connectivity index is 3.03. The van der Waals surface area contributed by atoms with Crippen molar-refractivity contribution in [3.63, 3.8) is 0 Å². The van der Waals surface area contributed by atoms with Gasteiger partial charge in [-0.15, -0.1) is 0 Å². The van der Waals surface area contributed by atoms with Gasteiger partial charge in [0, 0.05) is 0 Å². The molecule has 1 atom stereocenters. The number of hydrogen-bond acceptors (Lipinski definition) is 2. The predicted molar refractivity (Wildman–Crippen MR) is 64.6 cm³/mol. The number of hydrogen-bond donors (Lipinski definition) is 1. The summed E-state index contributed by atoms with van der Waals surface area (Å²) in [4.78, 5) is 13.3. The van der Waals surface area contributed by atoms with Crippen molar-refractivity contribution < 1.29 is 14.3 Å². The third-order valence-electron chi connectivity index (χ3n) is 2.99. The van der Waals surface area contributed by atoms with Crippen molar-refractivity contribution in [3.05, 3.63) is 35.6 Å². The van der Waals surface area contributed by atoms with Crippen LogP contribution in [0.25, 0.3) is 0 Å². The van der Waals surface area contributed by atoms with Crippen LogP contribution in [-0.4, -0.2) is 36.6 Å². The average molecular weight is 239 g/mol. The molecule has 0 bridgehead atoms. The molecule has 0 aromatic heterocycles.